The number of imidazole rings is 1. The van der Waals surface area contributed by atoms with Crippen LogP contribution in [0.2, 0.25) is 0 Å². The van der Waals surface area contributed by atoms with Crippen molar-refractivity contribution in [3.05, 3.63) is 103 Å². The minimum atomic E-state index is 0.876. The molecule has 0 spiro atoms. The van der Waals surface area contributed by atoms with Crippen LogP contribution in [0.25, 0.3) is 22.5 Å². The van der Waals surface area contributed by atoms with E-state index in [0.29, 0.717) is 0 Å². The second-order valence-corrected chi connectivity index (χ2v) is 6.64. The molecule has 0 unspecified atom stereocenters. The predicted molar refractivity (Wildman–Crippen MR) is 118 cm³/mol. The molecule has 0 N–H and O–H groups in total. The van der Waals surface area contributed by atoms with Gasteiger partial charge in [0.25, 0.3) is 0 Å². The Hall–Kier alpha value is -3.46. The number of pyridine rings is 1. The molecule has 0 aliphatic carbocycles. The third-order valence-electron chi connectivity index (χ3n) is 4.82. The highest BCUT2D eigenvalue weighted by Crippen LogP contribution is 2.30. The van der Waals surface area contributed by atoms with Crippen LogP contribution in [0.3, 0.4) is 0 Å². The van der Waals surface area contributed by atoms with Gasteiger partial charge in [-0.2, -0.15) is 0 Å². The number of nitrogens with zero attached hydrogens (tertiary/aromatic N) is 3. The second kappa shape index (κ2) is 8.05. The molecule has 1 aromatic carbocycles. The van der Waals surface area contributed by atoms with Crippen LogP contribution in [0.5, 0.6) is 0 Å². The molecule has 0 atom stereocenters. The van der Waals surface area contributed by atoms with Gasteiger partial charge in [-0.05, 0) is 37.5 Å². The molecule has 28 heavy (non-hydrogen) atoms. The molecule has 1 aliphatic heterocycles. The van der Waals surface area contributed by atoms with Crippen LogP contribution in [0.1, 0.15) is 25.6 Å². The zero-order chi connectivity index (χ0) is 19.3. The highest BCUT2D eigenvalue weighted by molar-refractivity contribution is 6.06. The predicted octanol–water partition coefficient (Wildman–Crippen LogP) is 6.27. The van der Waals surface area contributed by atoms with Crippen LogP contribution in [0.4, 0.5) is 0 Å². The molecule has 3 aromatic rings. The lowest BCUT2D eigenvalue weighted by Gasteiger charge is -2.13. The van der Waals surface area contributed by atoms with Crippen molar-refractivity contribution < 1.29 is 0 Å². The van der Waals surface area contributed by atoms with E-state index in [0.717, 1.165) is 52.4 Å². The van der Waals surface area contributed by atoms with Crippen molar-refractivity contribution in [3.8, 4) is 11.3 Å². The molecular weight excluding hydrogens is 342 g/mol. The lowest BCUT2D eigenvalue weighted by atomic mass is 10.0. The summed E-state index contributed by atoms with van der Waals surface area (Å²) >= 11 is 0. The quantitative estimate of drug-likeness (QED) is 0.490. The maximum Gasteiger partial charge on any atom is 0.163 e. The lowest BCUT2D eigenvalue weighted by molar-refractivity contribution is 1.03. The Bertz CT molecular complexity index is 1130. The Kier molecular flexibility index (Phi) is 5.16. The number of fused-ring (bicyclic) bond motifs is 1. The van der Waals surface area contributed by atoms with E-state index in [9.17, 15) is 0 Å². The van der Waals surface area contributed by atoms with E-state index in [4.69, 9.17) is 9.98 Å². The monoisotopic (exact) mass is 365 g/mol. The highest BCUT2D eigenvalue weighted by Gasteiger charge is 2.18. The fourth-order valence-corrected chi connectivity index (χ4v) is 3.45. The standard InChI is InChI=1S/C25H23N3/c1-3-5-12-19(4-2)21-15-11-16-22(26-21)25-27-24(20-13-7-6-8-14-20)23-17-9-10-18-28(23)25/h3-10,12-14,16-18H,2,11,15H2,1H3/b5-3-,19-12+. The molecule has 0 bridgehead atoms. The van der Waals surface area contributed by atoms with Gasteiger partial charge in [-0.15, -0.1) is 0 Å². The first-order valence-corrected chi connectivity index (χ1v) is 9.58. The van der Waals surface area contributed by atoms with Crippen LogP contribution in [0.15, 0.2) is 102 Å². The summed E-state index contributed by atoms with van der Waals surface area (Å²) in [5.41, 5.74) is 6.20. The van der Waals surface area contributed by atoms with Gasteiger partial charge < -0.3 is 0 Å². The molecular formula is C25H23N3. The summed E-state index contributed by atoms with van der Waals surface area (Å²) < 4.78 is 2.13. The van der Waals surface area contributed by atoms with Gasteiger partial charge in [-0.25, -0.2) is 9.98 Å². The van der Waals surface area contributed by atoms with Crippen molar-refractivity contribution in [1.82, 2.24) is 9.38 Å². The SMILES string of the molecule is C=C/C(=C\C=C/C)C1=NC(c2nc(-c3ccccc3)c3ccccn23)=CCC1. The van der Waals surface area contributed by atoms with E-state index in [1.807, 2.05) is 55.5 Å². The lowest BCUT2D eigenvalue weighted by Crippen LogP contribution is -2.06. The zero-order valence-electron chi connectivity index (χ0n) is 16.0. The molecule has 0 radical (unpaired) electrons. The highest BCUT2D eigenvalue weighted by atomic mass is 15.1. The fourth-order valence-electron chi connectivity index (χ4n) is 3.45. The maximum absolute atomic E-state index is 4.99. The van der Waals surface area contributed by atoms with E-state index in [2.05, 4.69) is 47.5 Å². The number of hydrogen-bond donors (Lipinski definition) is 0. The number of aliphatic imine (C=N–C) groups is 1. The molecule has 3 heterocycles. The van der Waals surface area contributed by atoms with Crippen molar-refractivity contribution in [2.45, 2.75) is 19.8 Å². The third-order valence-corrected chi connectivity index (χ3v) is 4.82. The molecule has 1 aliphatic rings. The number of allylic oxidation sites excluding steroid dienone is 6. The van der Waals surface area contributed by atoms with E-state index < -0.39 is 0 Å². The topological polar surface area (TPSA) is 29.7 Å². The van der Waals surface area contributed by atoms with Crippen molar-refractivity contribution in [2.75, 3.05) is 0 Å². The van der Waals surface area contributed by atoms with Crippen molar-refractivity contribution in [3.63, 3.8) is 0 Å². The second-order valence-electron chi connectivity index (χ2n) is 6.64. The largest absolute Gasteiger partial charge is 0.298 e. The van der Waals surface area contributed by atoms with Crippen molar-refractivity contribution >= 4 is 16.9 Å². The fraction of sp³-hybridized carbons (Fsp3) is 0.120. The van der Waals surface area contributed by atoms with Crippen molar-refractivity contribution in [2.24, 2.45) is 4.99 Å². The first-order valence-electron chi connectivity index (χ1n) is 9.58. The van der Waals surface area contributed by atoms with E-state index >= 15 is 0 Å². The Morgan fingerprint density at radius 3 is 2.71 bits per heavy atom. The first kappa shape index (κ1) is 17.9. The van der Waals surface area contributed by atoms with Crippen LogP contribution in [-0.2, 0) is 0 Å². The van der Waals surface area contributed by atoms with Gasteiger partial charge in [0.15, 0.2) is 5.82 Å². The van der Waals surface area contributed by atoms with Crippen LogP contribution in [0, 0.1) is 0 Å². The Morgan fingerprint density at radius 2 is 1.93 bits per heavy atom. The van der Waals surface area contributed by atoms with E-state index in [1.165, 1.54) is 0 Å². The third kappa shape index (κ3) is 3.39. The number of hydrogen-bond acceptors (Lipinski definition) is 2. The van der Waals surface area contributed by atoms with E-state index in [-0.39, 0.29) is 0 Å². The Balaban J connectivity index is 1.84. The molecule has 138 valence electrons. The van der Waals surface area contributed by atoms with Gasteiger partial charge in [-0.1, -0.05) is 73.4 Å². The average molecular weight is 365 g/mol. The maximum atomic E-state index is 4.99. The summed E-state index contributed by atoms with van der Waals surface area (Å²) in [5, 5.41) is 0. The Morgan fingerprint density at radius 1 is 1.11 bits per heavy atom. The van der Waals surface area contributed by atoms with Gasteiger partial charge in [0.05, 0.1) is 11.2 Å². The van der Waals surface area contributed by atoms with Gasteiger partial charge in [0.1, 0.15) is 5.70 Å². The molecule has 0 saturated carbocycles. The summed E-state index contributed by atoms with van der Waals surface area (Å²) in [4.78, 5) is 9.95. The van der Waals surface area contributed by atoms with Gasteiger partial charge in [-0.3, -0.25) is 4.40 Å². The summed E-state index contributed by atoms with van der Waals surface area (Å²) in [5.74, 6) is 0.876. The van der Waals surface area contributed by atoms with Crippen LogP contribution < -0.4 is 0 Å². The summed E-state index contributed by atoms with van der Waals surface area (Å²) in [6, 6.07) is 16.5. The average Bonchev–Trinajstić information content (AvgIpc) is 3.15. The smallest absolute Gasteiger partial charge is 0.163 e. The molecule has 3 nitrogen and oxygen atoms in total. The minimum absolute atomic E-state index is 0.876. The number of aromatic nitrogens is 2. The van der Waals surface area contributed by atoms with Gasteiger partial charge >= 0.3 is 0 Å². The normalized spacial score (nSPS) is 15.0. The number of benzene rings is 1. The molecule has 3 heteroatoms. The Labute approximate surface area is 165 Å². The van der Waals surface area contributed by atoms with Gasteiger partial charge in [0.2, 0.25) is 0 Å². The summed E-state index contributed by atoms with van der Waals surface area (Å²) in [7, 11) is 0. The molecule has 0 saturated heterocycles. The summed E-state index contributed by atoms with van der Waals surface area (Å²) in [6.07, 6.45) is 14.1. The molecule has 0 amide bonds. The van der Waals surface area contributed by atoms with Crippen LogP contribution in [-0.4, -0.2) is 15.1 Å². The first-order chi connectivity index (χ1) is 13.8. The van der Waals surface area contributed by atoms with Crippen LogP contribution >= 0.6 is 0 Å². The minimum Gasteiger partial charge on any atom is -0.298 e. The van der Waals surface area contributed by atoms with Gasteiger partial charge in [0, 0.05) is 17.5 Å². The zero-order valence-corrected chi connectivity index (χ0v) is 16.0. The van der Waals surface area contributed by atoms with Crippen molar-refractivity contribution in [1.29, 1.82) is 0 Å². The summed E-state index contributed by atoms with van der Waals surface area (Å²) in [6.45, 7) is 5.96. The molecule has 4 rings (SSSR count). The number of rotatable bonds is 5. The van der Waals surface area contributed by atoms with E-state index in [1.54, 1.807) is 0 Å². The molecule has 2 aromatic heterocycles. The molecule has 0 fully saturated rings.